The Morgan fingerprint density at radius 2 is 2.07 bits per heavy atom. The van der Waals surface area contributed by atoms with Crippen molar-refractivity contribution in [3.05, 3.63) is 22.7 Å². The van der Waals surface area contributed by atoms with Crippen LogP contribution in [-0.2, 0) is 6.54 Å². The Labute approximate surface area is 88.6 Å². The highest BCUT2D eigenvalue weighted by molar-refractivity contribution is 5.23. The average molecular weight is 211 g/mol. The molecule has 15 heavy (non-hydrogen) atoms. The highest BCUT2D eigenvalue weighted by atomic mass is 16.2. The second kappa shape index (κ2) is 6.19. The Morgan fingerprint density at radius 1 is 1.33 bits per heavy atom. The van der Waals surface area contributed by atoms with Gasteiger partial charge in [-0.25, -0.2) is 4.79 Å². The van der Waals surface area contributed by atoms with Gasteiger partial charge in [-0.3, -0.25) is 4.57 Å². The summed E-state index contributed by atoms with van der Waals surface area (Å²) in [7, 11) is 0. The van der Waals surface area contributed by atoms with Crippen molar-refractivity contribution in [1.82, 2.24) is 9.55 Å². The standard InChI is InChI=1S/C10H17N3O2/c11-9-5-7-13(10(15)12-9)6-3-1-2-4-8-14/h5,7,14H,1-4,6,8H2,(H2,11,12,15). The quantitative estimate of drug-likeness (QED) is 0.666. The van der Waals surface area contributed by atoms with Gasteiger partial charge >= 0.3 is 5.69 Å². The maximum absolute atomic E-state index is 11.3. The van der Waals surface area contributed by atoms with Crippen LogP contribution < -0.4 is 11.4 Å². The van der Waals surface area contributed by atoms with Gasteiger partial charge in [0.2, 0.25) is 0 Å². The van der Waals surface area contributed by atoms with E-state index in [9.17, 15) is 4.79 Å². The molecule has 0 aromatic carbocycles. The summed E-state index contributed by atoms with van der Waals surface area (Å²) in [5.74, 6) is 0.261. The molecule has 1 aromatic heterocycles. The average Bonchev–Trinajstić information content (AvgIpc) is 2.20. The largest absolute Gasteiger partial charge is 0.396 e. The van der Waals surface area contributed by atoms with Crippen LogP contribution in [0.25, 0.3) is 0 Å². The van der Waals surface area contributed by atoms with E-state index in [0.29, 0.717) is 6.54 Å². The number of hydrogen-bond acceptors (Lipinski definition) is 4. The van der Waals surface area contributed by atoms with Crippen LogP contribution in [0, 0.1) is 0 Å². The van der Waals surface area contributed by atoms with E-state index in [1.807, 2.05) is 0 Å². The zero-order chi connectivity index (χ0) is 11.1. The zero-order valence-corrected chi connectivity index (χ0v) is 8.72. The third-order valence-electron chi connectivity index (χ3n) is 2.20. The summed E-state index contributed by atoms with van der Waals surface area (Å²) < 4.78 is 1.55. The van der Waals surface area contributed by atoms with Crippen molar-refractivity contribution in [2.45, 2.75) is 32.2 Å². The molecule has 84 valence electrons. The summed E-state index contributed by atoms with van der Waals surface area (Å²) in [4.78, 5) is 14.9. The van der Waals surface area contributed by atoms with Crippen molar-refractivity contribution in [2.24, 2.45) is 0 Å². The van der Waals surface area contributed by atoms with Gasteiger partial charge in [0.25, 0.3) is 0 Å². The van der Waals surface area contributed by atoms with Gasteiger partial charge < -0.3 is 10.8 Å². The first kappa shape index (κ1) is 11.7. The van der Waals surface area contributed by atoms with E-state index in [-0.39, 0.29) is 18.1 Å². The van der Waals surface area contributed by atoms with E-state index in [1.165, 1.54) is 0 Å². The topological polar surface area (TPSA) is 81.1 Å². The van der Waals surface area contributed by atoms with Gasteiger partial charge in [-0.2, -0.15) is 4.98 Å². The fraction of sp³-hybridized carbons (Fsp3) is 0.600. The lowest BCUT2D eigenvalue weighted by Crippen LogP contribution is -2.23. The molecule has 1 heterocycles. The van der Waals surface area contributed by atoms with Crippen molar-refractivity contribution in [2.75, 3.05) is 12.3 Å². The Balaban J connectivity index is 2.34. The highest BCUT2D eigenvalue weighted by Crippen LogP contribution is 2.00. The van der Waals surface area contributed by atoms with Gasteiger partial charge in [-0.05, 0) is 18.9 Å². The molecule has 0 aliphatic heterocycles. The van der Waals surface area contributed by atoms with E-state index in [0.717, 1.165) is 25.7 Å². The lowest BCUT2D eigenvalue weighted by atomic mass is 10.2. The molecule has 0 spiro atoms. The van der Waals surface area contributed by atoms with E-state index in [1.54, 1.807) is 16.8 Å². The van der Waals surface area contributed by atoms with Crippen molar-refractivity contribution < 1.29 is 5.11 Å². The summed E-state index contributed by atoms with van der Waals surface area (Å²) >= 11 is 0. The minimum absolute atomic E-state index is 0.239. The smallest absolute Gasteiger partial charge is 0.349 e. The van der Waals surface area contributed by atoms with E-state index in [2.05, 4.69) is 4.98 Å². The first-order chi connectivity index (χ1) is 7.24. The maximum atomic E-state index is 11.3. The second-order valence-electron chi connectivity index (χ2n) is 3.47. The van der Waals surface area contributed by atoms with Crippen molar-refractivity contribution >= 4 is 5.82 Å². The summed E-state index contributed by atoms with van der Waals surface area (Å²) in [6.07, 6.45) is 5.42. The van der Waals surface area contributed by atoms with Crippen LogP contribution in [0.2, 0.25) is 0 Å². The molecule has 0 aliphatic carbocycles. The third-order valence-corrected chi connectivity index (χ3v) is 2.20. The molecule has 1 rings (SSSR count). The number of unbranched alkanes of at least 4 members (excludes halogenated alkanes) is 3. The number of rotatable bonds is 6. The first-order valence-electron chi connectivity index (χ1n) is 5.18. The molecule has 0 bridgehead atoms. The van der Waals surface area contributed by atoms with Crippen LogP contribution in [0.3, 0.4) is 0 Å². The number of aliphatic hydroxyl groups excluding tert-OH is 1. The maximum Gasteiger partial charge on any atom is 0.349 e. The number of nitrogens with two attached hydrogens (primary N) is 1. The van der Waals surface area contributed by atoms with Gasteiger partial charge in [-0.15, -0.1) is 0 Å². The number of aromatic nitrogens is 2. The molecule has 0 aliphatic rings. The van der Waals surface area contributed by atoms with Crippen LogP contribution in [0.5, 0.6) is 0 Å². The number of aliphatic hydroxyl groups is 1. The monoisotopic (exact) mass is 211 g/mol. The summed E-state index contributed by atoms with van der Waals surface area (Å²) in [6.45, 7) is 0.904. The van der Waals surface area contributed by atoms with E-state index < -0.39 is 0 Å². The molecular formula is C10H17N3O2. The Bertz CT molecular complexity index is 349. The second-order valence-corrected chi connectivity index (χ2v) is 3.47. The van der Waals surface area contributed by atoms with Crippen LogP contribution in [0.15, 0.2) is 17.1 Å². The van der Waals surface area contributed by atoms with Crippen molar-refractivity contribution in [3.8, 4) is 0 Å². The molecule has 0 amide bonds. The molecule has 0 unspecified atom stereocenters. The Morgan fingerprint density at radius 3 is 2.73 bits per heavy atom. The predicted octanol–water partition coefficient (Wildman–Crippen LogP) is 0.378. The zero-order valence-electron chi connectivity index (χ0n) is 8.72. The van der Waals surface area contributed by atoms with Gasteiger partial charge in [0.05, 0.1) is 0 Å². The lowest BCUT2D eigenvalue weighted by molar-refractivity contribution is 0.282. The summed E-state index contributed by atoms with van der Waals surface area (Å²) in [5, 5.41) is 8.58. The fourth-order valence-electron chi connectivity index (χ4n) is 1.36. The predicted molar refractivity (Wildman–Crippen MR) is 58.5 cm³/mol. The minimum Gasteiger partial charge on any atom is -0.396 e. The van der Waals surface area contributed by atoms with Crippen LogP contribution in [0.4, 0.5) is 5.82 Å². The molecule has 0 fully saturated rings. The minimum atomic E-state index is -0.294. The molecule has 1 aromatic rings. The number of aryl methyl sites for hydroxylation is 1. The summed E-state index contributed by atoms with van der Waals surface area (Å²) in [6, 6.07) is 1.62. The SMILES string of the molecule is Nc1ccn(CCCCCCO)c(=O)n1. The Hall–Kier alpha value is -1.36. The fourth-order valence-corrected chi connectivity index (χ4v) is 1.36. The van der Waals surface area contributed by atoms with Gasteiger partial charge in [0.1, 0.15) is 5.82 Å². The number of hydrogen-bond donors (Lipinski definition) is 2. The van der Waals surface area contributed by atoms with E-state index >= 15 is 0 Å². The molecule has 3 N–H and O–H groups in total. The molecule has 0 atom stereocenters. The molecule has 5 nitrogen and oxygen atoms in total. The summed E-state index contributed by atoms with van der Waals surface area (Å²) in [5.41, 5.74) is 5.08. The molecule has 5 heteroatoms. The van der Waals surface area contributed by atoms with Gasteiger partial charge in [0.15, 0.2) is 0 Å². The van der Waals surface area contributed by atoms with Crippen LogP contribution in [0.1, 0.15) is 25.7 Å². The van der Waals surface area contributed by atoms with E-state index in [4.69, 9.17) is 10.8 Å². The van der Waals surface area contributed by atoms with Crippen LogP contribution in [-0.4, -0.2) is 21.3 Å². The lowest BCUT2D eigenvalue weighted by Gasteiger charge is -2.04. The number of nitrogens with zero attached hydrogens (tertiary/aromatic N) is 2. The molecule has 0 saturated carbocycles. The van der Waals surface area contributed by atoms with Gasteiger partial charge in [0, 0.05) is 19.3 Å². The highest BCUT2D eigenvalue weighted by Gasteiger charge is 1.97. The molecule has 0 radical (unpaired) electrons. The van der Waals surface area contributed by atoms with Crippen molar-refractivity contribution in [3.63, 3.8) is 0 Å². The Kier molecular flexibility index (Phi) is 4.83. The third kappa shape index (κ3) is 4.12. The normalized spacial score (nSPS) is 10.5. The molecule has 0 saturated heterocycles. The first-order valence-corrected chi connectivity index (χ1v) is 5.18. The van der Waals surface area contributed by atoms with Gasteiger partial charge in [-0.1, -0.05) is 12.8 Å². The van der Waals surface area contributed by atoms with Crippen molar-refractivity contribution in [1.29, 1.82) is 0 Å². The number of anilines is 1. The molecular weight excluding hydrogens is 194 g/mol. The van der Waals surface area contributed by atoms with Crippen LogP contribution >= 0.6 is 0 Å². The number of nitrogen functional groups attached to an aromatic ring is 1.